The molecular formula is C28H28F6N4O. The Morgan fingerprint density at radius 2 is 1.41 bits per heavy atom. The Labute approximate surface area is 222 Å². The van der Waals surface area contributed by atoms with Crippen LogP contribution in [0.15, 0.2) is 42.5 Å². The van der Waals surface area contributed by atoms with E-state index in [-0.39, 0.29) is 19.2 Å². The lowest BCUT2D eigenvalue weighted by Gasteiger charge is -2.36. The largest absolute Gasteiger partial charge is 0.416 e. The lowest BCUT2D eigenvalue weighted by molar-refractivity contribution is -0.143. The maximum absolute atomic E-state index is 13.3. The smallest absolute Gasteiger partial charge is 0.353 e. The highest BCUT2D eigenvalue weighted by Gasteiger charge is 2.38. The number of aromatic nitrogens is 2. The van der Waals surface area contributed by atoms with E-state index in [4.69, 9.17) is 0 Å². The summed E-state index contributed by atoms with van der Waals surface area (Å²) >= 11 is 0. The molecule has 0 atom stereocenters. The van der Waals surface area contributed by atoms with Gasteiger partial charge in [0.25, 0.3) is 5.91 Å². The lowest BCUT2D eigenvalue weighted by Crippen LogP contribution is -2.49. The van der Waals surface area contributed by atoms with Crippen molar-refractivity contribution in [3.05, 3.63) is 87.4 Å². The zero-order valence-corrected chi connectivity index (χ0v) is 21.7. The summed E-state index contributed by atoms with van der Waals surface area (Å²) in [5, 5.41) is 0. The third kappa shape index (κ3) is 6.51. The predicted octanol–water partition coefficient (Wildman–Crippen LogP) is 6.25. The first kappa shape index (κ1) is 28.4. The molecule has 0 N–H and O–H groups in total. The summed E-state index contributed by atoms with van der Waals surface area (Å²) in [7, 11) is 0. The van der Waals surface area contributed by atoms with Crippen LogP contribution in [-0.4, -0.2) is 47.0 Å². The molecule has 1 aliphatic heterocycles. The summed E-state index contributed by atoms with van der Waals surface area (Å²) in [5.41, 5.74) is 0.422. The Kier molecular flexibility index (Phi) is 7.90. The molecule has 4 rings (SSSR count). The van der Waals surface area contributed by atoms with Crippen molar-refractivity contribution in [1.29, 1.82) is 0 Å². The highest BCUT2D eigenvalue weighted by molar-refractivity contribution is 5.95. The monoisotopic (exact) mass is 550 g/mol. The number of piperazine rings is 1. The van der Waals surface area contributed by atoms with E-state index in [2.05, 4.69) is 9.97 Å². The molecule has 5 nitrogen and oxygen atoms in total. The third-order valence-electron chi connectivity index (χ3n) is 6.72. The first-order valence-electron chi connectivity index (χ1n) is 12.5. The van der Waals surface area contributed by atoms with Crippen LogP contribution in [0.5, 0.6) is 0 Å². The minimum Gasteiger partial charge on any atom is -0.353 e. The van der Waals surface area contributed by atoms with Gasteiger partial charge in [-0.25, -0.2) is 9.97 Å². The van der Waals surface area contributed by atoms with Gasteiger partial charge < -0.3 is 9.80 Å². The van der Waals surface area contributed by atoms with Crippen LogP contribution in [0.1, 0.15) is 56.6 Å². The van der Waals surface area contributed by atoms with Gasteiger partial charge in [-0.3, -0.25) is 4.79 Å². The Morgan fingerprint density at radius 3 is 1.92 bits per heavy atom. The number of aryl methyl sites for hydroxylation is 3. The van der Waals surface area contributed by atoms with Gasteiger partial charge in [-0.2, -0.15) is 26.3 Å². The first-order chi connectivity index (χ1) is 18.3. The highest BCUT2D eigenvalue weighted by atomic mass is 19.4. The number of hydrogen-bond donors (Lipinski definition) is 0. The summed E-state index contributed by atoms with van der Waals surface area (Å²) in [6.45, 7) is 6.67. The van der Waals surface area contributed by atoms with Gasteiger partial charge in [0.15, 0.2) is 0 Å². The van der Waals surface area contributed by atoms with Gasteiger partial charge in [-0.1, -0.05) is 36.8 Å². The Bertz CT molecular complexity index is 1310. The van der Waals surface area contributed by atoms with Gasteiger partial charge >= 0.3 is 12.4 Å². The number of rotatable bonds is 5. The van der Waals surface area contributed by atoms with Gasteiger partial charge in [-0.05, 0) is 44.0 Å². The Morgan fingerprint density at radius 1 is 0.846 bits per heavy atom. The van der Waals surface area contributed by atoms with Gasteiger partial charge in [0.1, 0.15) is 11.6 Å². The van der Waals surface area contributed by atoms with Crippen molar-refractivity contribution in [3.63, 3.8) is 0 Å². The summed E-state index contributed by atoms with van der Waals surface area (Å²) in [6, 6.07) is 9.11. The summed E-state index contributed by atoms with van der Waals surface area (Å²) < 4.78 is 79.7. The SMILES string of the molecule is CCc1nc(C)nc(N2CCN(C(=O)c3cc(C(F)(F)F)cc(C(F)(F)F)c3)CC2)c1Cc1ccc(C)cc1. The van der Waals surface area contributed by atoms with Crippen LogP contribution in [0.25, 0.3) is 0 Å². The highest BCUT2D eigenvalue weighted by Crippen LogP contribution is 2.36. The van der Waals surface area contributed by atoms with Crippen molar-refractivity contribution in [2.45, 2.75) is 46.0 Å². The molecule has 2 heterocycles. The molecule has 0 spiro atoms. The Hall–Kier alpha value is -3.63. The van der Waals surface area contributed by atoms with Crippen LogP contribution in [0, 0.1) is 13.8 Å². The standard InChI is InChI=1S/C28H28F6N4O/c1-4-24-23(13-19-7-5-17(2)6-8-19)25(36-18(3)35-24)37-9-11-38(12-10-37)26(39)20-14-21(27(29,30)31)16-22(15-20)28(32,33)34/h5-8,14-16H,4,9-13H2,1-3H3. The number of anilines is 1. The molecule has 1 aromatic heterocycles. The van der Waals surface area contributed by atoms with Crippen LogP contribution in [0.2, 0.25) is 0 Å². The quantitative estimate of drug-likeness (QED) is 0.353. The number of nitrogens with zero attached hydrogens (tertiary/aromatic N) is 4. The van der Waals surface area contributed by atoms with E-state index in [9.17, 15) is 31.1 Å². The number of carbonyl (C=O) groups excluding carboxylic acids is 1. The predicted molar refractivity (Wildman–Crippen MR) is 135 cm³/mol. The number of hydrogen-bond acceptors (Lipinski definition) is 4. The van der Waals surface area contributed by atoms with Gasteiger partial charge in [0.05, 0.1) is 11.1 Å². The van der Waals surface area contributed by atoms with E-state index in [1.165, 1.54) is 4.90 Å². The van der Waals surface area contributed by atoms with Crippen molar-refractivity contribution < 1.29 is 31.1 Å². The van der Waals surface area contributed by atoms with Crippen molar-refractivity contribution >= 4 is 11.7 Å². The molecule has 1 fully saturated rings. The molecule has 1 aliphatic rings. The van der Waals surface area contributed by atoms with Crippen LogP contribution >= 0.6 is 0 Å². The second-order valence-corrected chi connectivity index (χ2v) is 9.61. The second kappa shape index (κ2) is 10.9. The van der Waals surface area contributed by atoms with Crippen molar-refractivity contribution in [2.24, 2.45) is 0 Å². The van der Waals surface area contributed by atoms with Crippen molar-refractivity contribution in [2.75, 3.05) is 31.1 Å². The molecule has 11 heteroatoms. The fourth-order valence-electron chi connectivity index (χ4n) is 4.67. The summed E-state index contributed by atoms with van der Waals surface area (Å²) in [6.07, 6.45) is -8.76. The minimum atomic E-state index is -5.02. The molecule has 3 aromatic rings. The molecule has 0 bridgehead atoms. The number of carbonyl (C=O) groups is 1. The maximum atomic E-state index is 13.3. The lowest BCUT2D eigenvalue weighted by atomic mass is 10.0. The fraction of sp³-hybridized carbons (Fsp3) is 0.393. The number of alkyl halides is 6. The summed E-state index contributed by atoms with van der Waals surface area (Å²) in [4.78, 5) is 25.6. The number of halogens is 6. The van der Waals surface area contributed by atoms with Crippen LogP contribution in [0.4, 0.5) is 32.2 Å². The number of amides is 1. The van der Waals surface area contributed by atoms with Crippen LogP contribution in [0.3, 0.4) is 0 Å². The second-order valence-electron chi connectivity index (χ2n) is 9.61. The molecule has 0 aliphatic carbocycles. The molecule has 2 aromatic carbocycles. The van der Waals surface area contributed by atoms with Crippen molar-refractivity contribution in [1.82, 2.24) is 14.9 Å². The van der Waals surface area contributed by atoms with Crippen molar-refractivity contribution in [3.8, 4) is 0 Å². The molecule has 1 saturated heterocycles. The number of benzene rings is 2. The first-order valence-corrected chi connectivity index (χ1v) is 12.5. The average Bonchev–Trinajstić information content (AvgIpc) is 2.89. The van der Waals surface area contributed by atoms with E-state index in [0.717, 1.165) is 28.2 Å². The Balaban J connectivity index is 1.58. The molecule has 208 valence electrons. The van der Waals surface area contributed by atoms with Crippen LogP contribution < -0.4 is 4.90 Å². The molecule has 0 unspecified atom stereocenters. The van der Waals surface area contributed by atoms with Gasteiger partial charge in [0.2, 0.25) is 0 Å². The molecule has 0 saturated carbocycles. The van der Waals surface area contributed by atoms with Crippen LogP contribution in [-0.2, 0) is 25.2 Å². The average molecular weight is 551 g/mol. The van der Waals surface area contributed by atoms with Gasteiger partial charge in [0, 0.05) is 49.4 Å². The van der Waals surface area contributed by atoms with E-state index in [1.807, 2.05) is 43.0 Å². The maximum Gasteiger partial charge on any atom is 0.416 e. The van der Waals surface area contributed by atoms with E-state index >= 15 is 0 Å². The molecule has 1 amide bonds. The van der Waals surface area contributed by atoms with E-state index in [0.29, 0.717) is 43.9 Å². The molecular weight excluding hydrogens is 522 g/mol. The van der Waals surface area contributed by atoms with E-state index < -0.39 is 35.0 Å². The van der Waals surface area contributed by atoms with E-state index in [1.54, 1.807) is 6.92 Å². The zero-order chi connectivity index (χ0) is 28.5. The third-order valence-corrected chi connectivity index (χ3v) is 6.72. The topological polar surface area (TPSA) is 49.3 Å². The summed E-state index contributed by atoms with van der Waals surface area (Å²) in [5.74, 6) is 0.446. The normalized spacial score (nSPS) is 14.6. The minimum absolute atomic E-state index is 0.0209. The fourth-order valence-corrected chi connectivity index (χ4v) is 4.67. The molecule has 0 radical (unpaired) electrons. The molecule has 39 heavy (non-hydrogen) atoms. The zero-order valence-electron chi connectivity index (χ0n) is 21.7. The van der Waals surface area contributed by atoms with Gasteiger partial charge in [-0.15, -0.1) is 0 Å².